The minimum Gasteiger partial charge on any atom is -0.309 e. The molecule has 30 rings (SSSR count). The predicted octanol–water partition coefficient (Wildman–Crippen LogP) is 35.0. The highest BCUT2D eigenvalue weighted by molar-refractivity contribution is 6.23. The van der Waals surface area contributed by atoms with Crippen molar-refractivity contribution < 1.29 is 0 Å². The van der Waals surface area contributed by atoms with Crippen LogP contribution in [0.15, 0.2) is 546 Å². The van der Waals surface area contributed by atoms with Crippen LogP contribution < -0.4 is 0 Å². The van der Waals surface area contributed by atoms with Gasteiger partial charge in [0.2, 0.25) is 5.95 Å². The fraction of sp³-hybridized carbons (Fsp3) is 0. The van der Waals surface area contributed by atoms with E-state index in [2.05, 4.69) is 525 Å². The van der Waals surface area contributed by atoms with Gasteiger partial charge in [-0.05, 0) is 191 Å². The van der Waals surface area contributed by atoms with E-state index >= 15 is 0 Å². The molecule has 0 fully saturated rings. The van der Waals surface area contributed by atoms with Crippen molar-refractivity contribution in [3.8, 4) is 136 Å². The van der Waals surface area contributed by atoms with Gasteiger partial charge < -0.3 is 22.8 Å². The van der Waals surface area contributed by atoms with E-state index in [1.165, 1.54) is 120 Å². The second kappa shape index (κ2) is 37.1. The Morgan fingerprint density at radius 3 is 0.747 bits per heavy atom. The molecule has 0 spiro atoms. The number of rotatable bonds is 15. The quantitative estimate of drug-likeness (QED) is 0.101. The molecule has 0 unspecified atom stereocenters. The molecule has 0 N–H and O–H groups in total. The van der Waals surface area contributed by atoms with Crippen LogP contribution in [0.3, 0.4) is 0 Å². The summed E-state index contributed by atoms with van der Waals surface area (Å²) in [4.78, 5) is 30.1. The van der Waals surface area contributed by atoms with E-state index in [4.69, 9.17) is 29.9 Å². The number of benzene rings is 21. The van der Waals surface area contributed by atoms with E-state index in [0.717, 1.165) is 129 Å². The number of hydrogen-bond acceptors (Lipinski definition) is 6. The third-order valence-electron chi connectivity index (χ3n) is 29.3. The molecule has 12 nitrogen and oxygen atoms in total. The smallest absolute Gasteiger partial charge is 0.235 e. The van der Waals surface area contributed by atoms with Crippen molar-refractivity contribution in [2.45, 2.75) is 0 Å². The second-order valence-electron chi connectivity index (χ2n) is 38.1. The number of hydrogen-bond donors (Lipinski definition) is 0. The number of para-hydroxylation sites is 9. The van der Waals surface area contributed by atoms with Crippen LogP contribution in [0.2, 0.25) is 0 Å². The Morgan fingerprint density at radius 1 is 0.120 bits per heavy atom. The maximum Gasteiger partial charge on any atom is 0.235 e. The monoisotopic (exact) mass is 1910 g/mol. The number of nitrogens with zero attached hydrogens (tertiary/aromatic N) is 12. The van der Waals surface area contributed by atoms with Crippen LogP contribution in [0, 0.1) is 0 Å². The topological polar surface area (TPSA) is 107 Å². The van der Waals surface area contributed by atoms with Gasteiger partial charge in [-0.15, -0.1) is 0 Å². The molecule has 0 amide bonds. The molecule has 9 heterocycles. The van der Waals surface area contributed by atoms with Gasteiger partial charge in [0.15, 0.2) is 11.6 Å². The summed E-state index contributed by atoms with van der Waals surface area (Å²) in [5.41, 5.74) is 36.3. The van der Waals surface area contributed by atoms with E-state index in [1.807, 2.05) is 48.8 Å². The van der Waals surface area contributed by atoms with Crippen molar-refractivity contribution in [1.82, 2.24) is 57.3 Å². The van der Waals surface area contributed by atoms with Gasteiger partial charge in [0.1, 0.15) is 0 Å². The lowest BCUT2D eigenvalue weighted by atomic mass is 9.98. The van der Waals surface area contributed by atoms with Crippen LogP contribution >= 0.6 is 0 Å². The van der Waals surface area contributed by atoms with Crippen molar-refractivity contribution >= 4 is 131 Å². The first-order chi connectivity index (χ1) is 74.4. The van der Waals surface area contributed by atoms with Crippen molar-refractivity contribution in [2.75, 3.05) is 0 Å². The Morgan fingerprint density at radius 2 is 0.367 bits per heavy atom. The molecule has 30 aromatic rings. The van der Waals surface area contributed by atoms with Crippen LogP contribution in [0.5, 0.6) is 0 Å². The van der Waals surface area contributed by atoms with Crippen LogP contribution in [0.4, 0.5) is 0 Å². The molecular formula is C138H90N12. The molecule has 0 aliphatic rings. The minimum absolute atomic E-state index is 0.646. The largest absolute Gasteiger partial charge is 0.309 e. The molecule has 0 bridgehead atoms. The van der Waals surface area contributed by atoms with E-state index in [9.17, 15) is 0 Å². The summed E-state index contributed by atoms with van der Waals surface area (Å²) in [5, 5.41) is 14.7. The molecule has 0 aliphatic heterocycles. The fourth-order valence-corrected chi connectivity index (χ4v) is 22.4. The van der Waals surface area contributed by atoms with Gasteiger partial charge in [-0.2, -0.15) is 0 Å². The number of fused-ring (bicyclic) bond motifs is 18. The first kappa shape index (κ1) is 87.5. The molecule has 12 heteroatoms. The van der Waals surface area contributed by atoms with Crippen molar-refractivity contribution in [2.24, 2.45) is 0 Å². The summed E-state index contributed by atoms with van der Waals surface area (Å²) >= 11 is 0. The molecule has 0 saturated heterocycles. The van der Waals surface area contributed by atoms with Crippen LogP contribution in [0.1, 0.15) is 0 Å². The molecule has 0 atom stereocenters. The summed E-state index contributed by atoms with van der Waals surface area (Å²) in [6.45, 7) is 0. The Balaban J connectivity index is 0.000000108. The Kier molecular flexibility index (Phi) is 21.6. The second-order valence-corrected chi connectivity index (χ2v) is 38.1. The fourth-order valence-electron chi connectivity index (χ4n) is 22.4. The maximum absolute atomic E-state index is 5.22. The summed E-state index contributed by atoms with van der Waals surface area (Å²) in [5.74, 6) is 2.04. The lowest BCUT2D eigenvalue weighted by molar-refractivity contribution is 0.992. The zero-order chi connectivity index (χ0) is 99.1. The third kappa shape index (κ3) is 15.5. The molecule has 0 saturated carbocycles. The van der Waals surface area contributed by atoms with Gasteiger partial charge in [-0.1, -0.05) is 376 Å². The molecule has 21 aromatic carbocycles. The lowest BCUT2D eigenvalue weighted by Crippen LogP contribution is -2.02. The van der Waals surface area contributed by atoms with Gasteiger partial charge in [0.25, 0.3) is 0 Å². The highest BCUT2D eigenvalue weighted by Crippen LogP contribution is 2.46. The zero-order valence-corrected chi connectivity index (χ0v) is 81.3. The first-order valence-electron chi connectivity index (χ1n) is 50.8. The lowest BCUT2D eigenvalue weighted by Gasteiger charge is -2.12. The molecule has 0 aliphatic carbocycles. The van der Waals surface area contributed by atoms with Crippen molar-refractivity contribution in [1.29, 1.82) is 0 Å². The third-order valence-corrected chi connectivity index (χ3v) is 29.3. The first-order valence-corrected chi connectivity index (χ1v) is 50.8. The molecule has 9 aromatic heterocycles. The van der Waals surface area contributed by atoms with E-state index in [1.54, 1.807) is 0 Å². The van der Waals surface area contributed by atoms with E-state index in [0.29, 0.717) is 17.6 Å². The Hall–Kier alpha value is -20.3. The standard InChI is InChI=1S/3C46H30N4/c1-4-15-31(16-5-1)40-29-41(32-17-6-2-7-18-32)48-46(47-40)33-19-14-22-35(27-33)50-43-26-13-11-24-37(43)39-28-38-36-23-10-12-25-42(36)49(44(38)30-45(39)50)34-20-8-3-9-21-34;1-3-12-31(13-4-1)32-22-24-33(25-23-32)34-14-11-15-35(28-34)41-26-27-47-46(48-41)50-43-21-10-8-19-38(43)40-29-39-37-18-7-9-20-42(37)49(44(39)30-45(40)50)36-16-5-2-6-17-36;1-3-12-31(13-4-1)32-22-24-33(25-23-32)41-26-27-47-46(48-41)34-14-11-17-36(28-34)50-43-21-10-8-19-38(43)40-29-39-37-18-7-9-20-42(37)49(44(39)30-45(40)50)35-15-5-2-6-16-35/h3*1-30H. The van der Waals surface area contributed by atoms with Gasteiger partial charge >= 0.3 is 0 Å². The SMILES string of the molecule is c1ccc(-c2cc(-c3ccccc3)nc(-c3cccc(-n4c5ccccc5c5cc6c7ccccc7n(-c7ccccc7)c6cc54)c3)n2)cc1.c1ccc(-c2ccc(-c3cccc(-c4ccnc(-n5c6ccccc6c6cc7c8ccccc8n(-c8ccccc8)c7cc65)n4)c3)cc2)cc1.c1ccc(-c2ccc(-c3ccnc(-c4cccc(-n5c6ccccc6c6cc7c8ccccc8n(-c8ccccc8)c7cc65)c4)n3)cc2)cc1. The number of aromatic nitrogens is 12. The molecule has 0 radical (unpaired) electrons. The highest BCUT2D eigenvalue weighted by Gasteiger charge is 2.26. The van der Waals surface area contributed by atoms with E-state index in [-0.39, 0.29) is 0 Å². The van der Waals surface area contributed by atoms with Gasteiger partial charge in [-0.3, -0.25) is 4.57 Å². The van der Waals surface area contributed by atoms with Gasteiger partial charge in [0, 0.05) is 139 Å². The van der Waals surface area contributed by atoms with Crippen LogP contribution in [-0.2, 0) is 0 Å². The minimum atomic E-state index is 0.646. The normalized spacial score (nSPS) is 11.6. The summed E-state index contributed by atoms with van der Waals surface area (Å²) in [6.07, 6.45) is 3.73. The molecule has 150 heavy (non-hydrogen) atoms. The van der Waals surface area contributed by atoms with Crippen LogP contribution in [-0.4, -0.2) is 57.3 Å². The van der Waals surface area contributed by atoms with Crippen molar-refractivity contribution in [3.05, 3.63) is 546 Å². The van der Waals surface area contributed by atoms with Crippen molar-refractivity contribution in [3.63, 3.8) is 0 Å². The van der Waals surface area contributed by atoms with E-state index < -0.39 is 0 Å². The Bertz CT molecular complexity index is 9980. The van der Waals surface area contributed by atoms with Gasteiger partial charge in [-0.25, -0.2) is 29.9 Å². The summed E-state index contributed by atoms with van der Waals surface area (Å²) < 4.78 is 14.1. The highest BCUT2D eigenvalue weighted by atomic mass is 15.2. The zero-order valence-electron chi connectivity index (χ0n) is 81.3. The average Bonchev–Trinajstić information content (AvgIpc) is 1.56. The molecule has 702 valence electrons. The summed E-state index contributed by atoms with van der Waals surface area (Å²) in [6, 6.07) is 189. The predicted molar refractivity (Wildman–Crippen MR) is 621 cm³/mol. The average molecular weight is 1920 g/mol. The van der Waals surface area contributed by atoms with Gasteiger partial charge in [0.05, 0.1) is 89.0 Å². The maximum atomic E-state index is 5.22. The summed E-state index contributed by atoms with van der Waals surface area (Å²) in [7, 11) is 0. The Labute approximate surface area is 863 Å². The molecular weight excluding hydrogens is 1830 g/mol. The van der Waals surface area contributed by atoms with Crippen LogP contribution in [0.25, 0.3) is 266 Å².